The Kier molecular flexibility index (Phi) is 4.99. The number of ether oxygens (including phenoxy) is 4. The lowest BCUT2D eigenvalue weighted by Crippen LogP contribution is -2.15. The third-order valence-electron chi connectivity index (χ3n) is 4.53. The lowest BCUT2D eigenvalue weighted by atomic mass is 10.1. The molecule has 1 aliphatic heterocycles. The Bertz CT molecular complexity index is 1010. The van der Waals surface area contributed by atoms with E-state index >= 15 is 0 Å². The van der Waals surface area contributed by atoms with Crippen molar-refractivity contribution in [2.45, 2.75) is 12.5 Å². The van der Waals surface area contributed by atoms with Crippen LogP contribution in [0.3, 0.4) is 0 Å². The number of rotatable bonds is 6. The van der Waals surface area contributed by atoms with Gasteiger partial charge in [0.15, 0.2) is 11.5 Å². The third kappa shape index (κ3) is 3.70. The SMILES string of the molecule is COc1ccc(O[C@@H]2CCOC2)cc1Oc1ccnc2ccc(C(N)=O)cc12. The molecule has 1 amide bonds. The van der Waals surface area contributed by atoms with E-state index in [-0.39, 0.29) is 6.10 Å². The average molecular weight is 380 g/mol. The van der Waals surface area contributed by atoms with Crippen LogP contribution in [0.1, 0.15) is 16.8 Å². The average Bonchev–Trinajstić information content (AvgIpc) is 3.21. The van der Waals surface area contributed by atoms with Crippen LogP contribution in [0.15, 0.2) is 48.7 Å². The van der Waals surface area contributed by atoms with E-state index in [9.17, 15) is 4.79 Å². The maximum absolute atomic E-state index is 11.5. The number of nitrogens with zero attached hydrogens (tertiary/aromatic N) is 1. The number of nitrogens with two attached hydrogens (primary N) is 1. The molecule has 3 aromatic rings. The summed E-state index contributed by atoms with van der Waals surface area (Å²) < 4.78 is 22.9. The lowest BCUT2D eigenvalue weighted by Gasteiger charge is -2.16. The Balaban J connectivity index is 1.69. The fourth-order valence-corrected chi connectivity index (χ4v) is 3.09. The number of aromatic nitrogens is 1. The van der Waals surface area contributed by atoms with Crippen molar-refractivity contribution in [1.29, 1.82) is 0 Å². The molecule has 2 heterocycles. The fraction of sp³-hybridized carbons (Fsp3) is 0.238. The van der Waals surface area contributed by atoms with Crippen molar-refractivity contribution in [3.63, 3.8) is 0 Å². The predicted octanol–water partition coefficient (Wildman–Crippen LogP) is 3.30. The minimum Gasteiger partial charge on any atom is -0.493 e. The number of hydrogen-bond donors (Lipinski definition) is 1. The van der Waals surface area contributed by atoms with Gasteiger partial charge in [-0.05, 0) is 36.4 Å². The quantitative estimate of drug-likeness (QED) is 0.705. The molecule has 0 spiro atoms. The summed E-state index contributed by atoms with van der Waals surface area (Å²) in [4.78, 5) is 15.8. The molecule has 1 aromatic heterocycles. The van der Waals surface area contributed by atoms with Gasteiger partial charge in [-0.2, -0.15) is 0 Å². The van der Waals surface area contributed by atoms with E-state index in [0.717, 1.165) is 6.42 Å². The Labute approximate surface area is 162 Å². The van der Waals surface area contributed by atoms with Gasteiger partial charge in [0, 0.05) is 29.6 Å². The molecular weight excluding hydrogens is 360 g/mol. The van der Waals surface area contributed by atoms with Crippen LogP contribution in [0.2, 0.25) is 0 Å². The summed E-state index contributed by atoms with van der Waals surface area (Å²) in [5.74, 6) is 1.75. The number of carbonyl (C=O) groups excluding carboxylic acids is 1. The van der Waals surface area contributed by atoms with Gasteiger partial charge in [-0.15, -0.1) is 0 Å². The van der Waals surface area contributed by atoms with E-state index in [1.54, 1.807) is 49.7 Å². The van der Waals surface area contributed by atoms with Gasteiger partial charge in [-0.25, -0.2) is 0 Å². The fourth-order valence-electron chi connectivity index (χ4n) is 3.09. The van der Waals surface area contributed by atoms with Gasteiger partial charge in [0.1, 0.15) is 17.6 Å². The Hall–Kier alpha value is -3.32. The molecule has 7 heteroatoms. The highest BCUT2D eigenvalue weighted by Crippen LogP contribution is 2.37. The third-order valence-corrected chi connectivity index (χ3v) is 4.53. The van der Waals surface area contributed by atoms with Gasteiger partial charge in [-0.1, -0.05) is 0 Å². The van der Waals surface area contributed by atoms with E-state index in [1.165, 1.54) is 0 Å². The van der Waals surface area contributed by atoms with E-state index in [4.69, 9.17) is 24.7 Å². The molecule has 1 fully saturated rings. The maximum Gasteiger partial charge on any atom is 0.248 e. The number of carbonyl (C=O) groups is 1. The molecule has 0 aliphatic carbocycles. The van der Waals surface area contributed by atoms with Crippen LogP contribution in [-0.4, -0.2) is 37.3 Å². The van der Waals surface area contributed by atoms with Gasteiger partial charge < -0.3 is 24.7 Å². The van der Waals surface area contributed by atoms with Gasteiger partial charge in [0.05, 0.1) is 25.8 Å². The summed E-state index contributed by atoms with van der Waals surface area (Å²) in [7, 11) is 1.57. The first-order valence-electron chi connectivity index (χ1n) is 8.93. The highest BCUT2D eigenvalue weighted by atomic mass is 16.5. The van der Waals surface area contributed by atoms with Crippen molar-refractivity contribution in [3.05, 3.63) is 54.2 Å². The van der Waals surface area contributed by atoms with Crippen LogP contribution >= 0.6 is 0 Å². The molecule has 28 heavy (non-hydrogen) atoms. The number of benzene rings is 2. The van der Waals surface area contributed by atoms with E-state index in [0.29, 0.717) is 52.7 Å². The van der Waals surface area contributed by atoms with Gasteiger partial charge >= 0.3 is 0 Å². The summed E-state index contributed by atoms with van der Waals surface area (Å²) in [6, 6.07) is 12.2. The second-order valence-corrected chi connectivity index (χ2v) is 6.42. The summed E-state index contributed by atoms with van der Waals surface area (Å²) in [5, 5.41) is 0.677. The lowest BCUT2D eigenvalue weighted by molar-refractivity contribution is 0.100. The second-order valence-electron chi connectivity index (χ2n) is 6.42. The van der Waals surface area contributed by atoms with Gasteiger partial charge in [-0.3, -0.25) is 9.78 Å². The number of methoxy groups -OCH3 is 1. The molecule has 4 rings (SSSR count). The second kappa shape index (κ2) is 7.74. The number of amides is 1. The van der Waals surface area contributed by atoms with E-state index in [1.807, 2.05) is 6.07 Å². The van der Waals surface area contributed by atoms with E-state index in [2.05, 4.69) is 4.98 Å². The van der Waals surface area contributed by atoms with Crippen LogP contribution in [0.5, 0.6) is 23.0 Å². The van der Waals surface area contributed by atoms with Crippen molar-refractivity contribution >= 4 is 16.8 Å². The number of fused-ring (bicyclic) bond motifs is 1. The monoisotopic (exact) mass is 380 g/mol. The molecule has 1 aliphatic rings. The standard InChI is InChI=1S/C21H20N2O5/c1-25-19-5-3-14(27-15-7-9-26-12-15)11-20(19)28-18-6-8-23-17-4-2-13(21(22)24)10-16(17)18/h2-6,8,10-11,15H,7,9,12H2,1H3,(H2,22,24)/t15-/m1/s1. The number of hydrogen-bond acceptors (Lipinski definition) is 6. The smallest absolute Gasteiger partial charge is 0.248 e. The molecule has 7 nitrogen and oxygen atoms in total. The summed E-state index contributed by atoms with van der Waals surface area (Å²) in [5.41, 5.74) is 6.48. The van der Waals surface area contributed by atoms with Crippen molar-refractivity contribution in [2.24, 2.45) is 5.73 Å². The molecule has 2 N–H and O–H groups in total. The minimum atomic E-state index is -0.511. The topological polar surface area (TPSA) is 92.9 Å². The first kappa shape index (κ1) is 18.1. The zero-order chi connectivity index (χ0) is 19.5. The van der Waals surface area contributed by atoms with E-state index < -0.39 is 5.91 Å². The predicted molar refractivity (Wildman–Crippen MR) is 103 cm³/mol. The normalized spacial score (nSPS) is 16.1. The van der Waals surface area contributed by atoms with Crippen molar-refractivity contribution in [2.75, 3.05) is 20.3 Å². The Morgan fingerprint density at radius 2 is 2.04 bits per heavy atom. The summed E-state index contributed by atoms with van der Waals surface area (Å²) in [6.45, 7) is 1.28. The first-order chi connectivity index (χ1) is 13.6. The summed E-state index contributed by atoms with van der Waals surface area (Å²) >= 11 is 0. The molecular formula is C21H20N2O5. The maximum atomic E-state index is 11.5. The van der Waals surface area contributed by atoms with Crippen molar-refractivity contribution in [1.82, 2.24) is 4.98 Å². The molecule has 0 bridgehead atoms. The van der Waals surface area contributed by atoms with Crippen molar-refractivity contribution < 1.29 is 23.7 Å². The molecule has 0 radical (unpaired) electrons. The number of primary amides is 1. The largest absolute Gasteiger partial charge is 0.493 e. The van der Waals surface area contributed by atoms with Crippen LogP contribution in [-0.2, 0) is 4.74 Å². The zero-order valence-corrected chi connectivity index (χ0v) is 15.4. The molecule has 0 saturated carbocycles. The Morgan fingerprint density at radius 3 is 2.79 bits per heavy atom. The van der Waals surface area contributed by atoms with Gasteiger partial charge in [0.2, 0.25) is 5.91 Å². The minimum absolute atomic E-state index is 0.0288. The first-order valence-corrected chi connectivity index (χ1v) is 8.93. The highest BCUT2D eigenvalue weighted by Gasteiger charge is 2.18. The van der Waals surface area contributed by atoms with Gasteiger partial charge in [0.25, 0.3) is 0 Å². The molecule has 144 valence electrons. The van der Waals surface area contributed by atoms with Crippen LogP contribution in [0, 0.1) is 0 Å². The summed E-state index contributed by atoms with van der Waals surface area (Å²) in [6.07, 6.45) is 2.53. The Morgan fingerprint density at radius 1 is 1.14 bits per heavy atom. The van der Waals surface area contributed by atoms with Crippen LogP contribution < -0.4 is 19.9 Å². The highest BCUT2D eigenvalue weighted by molar-refractivity contribution is 5.98. The van der Waals surface area contributed by atoms with Crippen LogP contribution in [0.4, 0.5) is 0 Å². The molecule has 1 saturated heterocycles. The van der Waals surface area contributed by atoms with Crippen molar-refractivity contribution in [3.8, 4) is 23.0 Å². The van der Waals surface area contributed by atoms with Crippen LogP contribution in [0.25, 0.3) is 10.9 Å². The zero-order valence-electron chi connectivity index (χ0n) is 15.4. The molecule has 1 atom stereocenters. The molecule has 0 unspecified atom stereocenters. The number of pyridine rings is 1. The molecule has 2 aromatic carbocycles.